The summed E-state index contributed by atoms with van der Waals surface area (Å²) in [4.78, 5) is 26.6. The molecule has 0 atom stereocenters. The Hall–Kier alpha value is -3.66. The minimum absolute atomic E-state index is 0.199. The molecule has 0 aliphatic carbocycles. The Labute approximate surface area is 154 Å². The zero-order valence-corrected chi connectivity index (χ0v) is 14.7. The van der Waals surface area contributed by atoms with E-state index < -0.39 is 0 Å². The molecule has 0 spiro atoms. The SMILES string of the molecule is Cc1ccc(-c2cc3ccccc3n3c(=O)c4ccccc4c(=O)n23)cc1. The normalized spacial score (nSPS) is 11.4. The Bertz CT molecular complexity index is 1460. The van der Waals surface area contributed by atoms with Crippen LogP contribution in [0.3, 0.4) is 0 Å². The molecule has 2 heterocycles. The van der Waals surface area contributed by atoms with E-state index in [-0.39, 0.29) is 11.1 Å². The van der Waals surface area contributed by atoms with Crippen LogP contribution >= 0.6 is 0 Å². The number of aromatic nitrogens is 2. The van der Waals surface area contributed by atoms with Gasteiger partial charge in [0.25, 0.3) is 11.1 Å². The Morgan fingerprint density at radius 2 is 1.26 bits per heavy atom. The van der Waals surface area contributed by atoms with Crippen molar-refractivity contribution in [3.05, 3.63) is 105 Å². The summed E-state index contributed by atoms with van der Waals surface area (Å²) in [6, 6.07) is 24.5. The monoisotopic (exact) mass is 352 g/mol. The maximum atomic E-state index is 13.3. The predicted octanol–water partition coefficient (Wildman–Crippen LogP) is 4.04. The third-order valence-corrected chi connectivity index (χ3v) is 5.01. The van der Waals surface area contributed by atoms with Gasteiger partial charge >= 0.3 is 0 Å². The van der Waals surface area contributed by atoms with Gasteiger partial charge < -0.3 is 0 Å². The van der Waals surface area contributed by atoms with Gasteiger partial charge in [-0.25, -0.2) is 9.03 Å². The van der Waals surface area contributed by atoms with Gasteiger partial charge in [-0.3, -0.25) is 9.59 Å². The molecular formula is C23H16N2O2. The number of fused-ring (bicyclic) bond motifs is 4. The highest BCUT2D eigenvalue weighted by Crippen LogP contribution is 2.23. The fourth-order valence-electron chi connectivity index (χ4n) is 3.64. The summed E-state index contributed by atoms with van der Waals surface area (Å²) in [6.07, 6.45) is 0. The summed E-state index contributed by atoms with van der Waals surface area (Å²) >= 11 is 0. The molecule has 27 heavy (non-hydrogen) atoms. The van der Waals surface area contributed by atoms with Crippen molar-refractivity contribution in [3.63, 3.8) is 0 Å². The van der Waals surface area contributed by atoms with E-state index in [1.165, 1.54) is 9.03 Å². The highest BCUT2D eigenvalue weighted by atomic mass is 16.2. The Balaban J connectivity index is 2.11. The highest BCUT2D eigenvalue weighted by molar-refractivity contribution is 5.86. The van der Waals surface area contributed by atoms with Crippen molar-refractivity contribution >= 4 is 21.7 Å². The summed E-state index contributed by atoms with van der Waals surface area (Å²) in [6.45, 7) is 2.02. The maximum Gasteiger partial charge on any atom is 0.278 e. The summed E-state index contributed by atoms with van der Waals surface area (Å²) in [7, 11) is 0. The molecule has 0 bridgehead atoms. The molecule has 0 aliphatic rings. The first-order valence-electron chi connectivity index (χ1n) is 8.81. The van der Waals surface area contributed by atoms with Gasteiger partial charge in [0, 0.05) is 10.9 Å². The average Bonchev–Trinajstić information content (AvgIpc) is 2.71. The Kier molecular flexibility index (Phi) is 3.28. The van der Waals surface area contributed by atoms with Crippen molar-refractivity contribution in [3.8, 4) is 11.3 Å². The molecule has 4 nitrogen and oxygen atoms in total. The zero-order chi connectivity index (χ0) is 18.5. The molecule has 2 aromatic heterocycles. The number of para-hydroxylation sites is 1. The predicted molar refractivity (Wildman–Crippen MR) is 109 cm³/mol. The number of aryl methyl sites for hydroxylation is 1. The molecule has 0 fully saturated rings. The molecule has 4 heteroatoms. The van der Waals surface area contributed by atoms with E-state index in [4.69, 9.17) is 0 Å². The van der Waals surface area contributed by atoms with Crippen molar-refractivity contribution in [1.29, 1.82) is 0 Å². The fraction of sp³-hybridized carbons (Fsp3) is 0.0435. The molecule has 0 saturated heterocycles. The molecule has 3 aromatic carbocycles. The van der Waals surface area contributed by atoms with Crippen LogP contribution in [0.2, 0.25) is 0 Å². The zero-order valence-electron chi connectivity index (χ0n) is 14.7. The van der Waals surface area contributed by atoms with E-state index in [0.29, 0.717) is 22.0 Å². The quantitative estimate of drug-likeness (QED) is 0.337. The second-order valence-corrected chi connectivity index (χ2v) is 6.73. The maximum absolute atomic E-state index is 13.3. The van der Waals surface area contributed by atoms with E-state index >= 15 is 0 Å². The van der Waals surface area contributed by atoms with Gasteiger partial charge in [-0.1, -0.05) is 60.2 Å². The van der Waals surface area contributed by atoms with Crippen molar-refractivity contribution in [1.82, 2.24) is 9.03 Å². The molecule has 5 rings (SSSR count). The smallest absolute Gasteiger partial charge is 0.267 e. The van der Waals surface area contributed by atoms with Crippen molar-refractivity contribution in [2.45, 2.75) is 6.92 Å². The lowest BCUT2D eigenvalue weighted by molar-refractivity contribution is 0.778. The van der Waals surface area contributed by atoms with Crippen LogP contribution in [0.1, 0.15) is 5.56 Å². The topological polar surface area (TPSA) is 43.0 Å². The molecule has 0 unspecified atom stereocenters. The Morgan fingerprint density at radius 1 is 0.667 bits per heavy atom. The van der Waals surface area contributed by atoms with E-state index in [1.807, 2.05) is 61.5 Å². The average molecular weight is 352 g/mol. The third kappa shape index (κ3) is 2.23. The van der Waals surface area contributed by atoms with Gasteiger partial charge in [0.15, 0.2) is 0 Å². The summed E-state index contributed by atoms with van der Waals surface area (Å²) in [5.41, 5.74) is 3.03. The molecule has 0 N–H and O–H groups in total. The van der Waals surface area contributed by atoms with Crippen molar-refractivity contribution in [2.24, 2.45) is 0 Å². The van der Waals surface area contributed by atoms with E-state index in [1.54, 1.807) is 24.3 Å². The molecule has 5 aromatic rings. The van der Waals surface area contributed by atoms with Crippen LogP contribution in [0.25, 0.3) is 32.9 Å². The summed E-state index contributed by atoms with van der Waals surface area (Å²) in [5.74, 6) is 0. The van der Waals surface area contributed by atoms with Crippen LogP contribution in [0.15, 0.2) is 88.5 Å². The van der Waals surface area contributed by atoms with Crippen LogP contribution in [0, 0.1) is 6.92 Å². The number of nitrogens with zero attached hydrogens (tertiary/aromatic N) is 2. The fourth-order valence-corrected chi connectivity index (χ4v) is 3.64. The molecule has 0 amide bonds. The third-order valence-electron chi connectivity index (χ3n) is 5.01. The lowest BCUT2D eigenvalue weighted by atomic mass is 10.1. The Morgan fingerprint density at radius 3 is 1.96 bits per heavy atom. The molecule has 130 valence electrons. The molecule has 0 saturated carbocycles. The van der Waals surface area contributed by atoms with Crippen molar-refractivity contribution in [2.75, 3.05) is 0 Å². The summed E-state index contributed by atoms with van der Waals surface area (Å²) < 4.78 is 2.99. The van der Waals surface area contributed by atoms with Crippen LogP contribution in [-0.2, 0) is 0 Å². The minimum Gasteiger partial charge on any atom is -0.267 e. The lowest BCUT2D eigenvalue weighted by Gasteiger charge is -2.15. The number of hydrogen-bond donors (Lipinski definition) is 0. The number of rotatable bonds is 1. The largest absolute Gasteiger partial charge is 0.278 e. The number of benzene rings is 3. The van der Waals surface area contributed by atoms with Crippen molar-refractivity contribution < 1.29 is 0 Å². The van der Waals surface area contributed by atoms with Gasteiger partial charge in [0.05, 0.1) is 22.0 Å². The first-order chi connectivity index (χ1) is 13.1. The standard InChI is InChI=1S/C23H16N2O2/c1-15-10-12-16(13-11-15)21-14-17-6-2-5-9-20(17)24-22(26)18-7-3-4-8-19(18)23(27)25(21)24/h2-14H,1H3. The molecule has 0 aliphatic heterocycles. The minimum atomic E-state index is -0.202. The van der Waals surface area contributed by atoms with E-state index in [0.717, 1.165) is 16.5 Å². The lowest BCUT2D eigenvalue weighted by Crippen LogP contribution is -2.31. The first-order valence-corrected chi connectivity index (χ1v) is 8.81. The van der Waals surface area contributed by atoms with Gasteiger partial charge in [-0.2, -0.15) is 0 Å². The molecular weight excluding hydrogens is 336 g/mol. The van der Waals surface area contributed by atoms with Gasteiger partial charge in [0.1, 0.15) is 0 Å². The number of hydrogen-bond acceptors (Lipinski definition) is 2. The van der Waals surface area contributed by atoms with E-state index in [9.17, 15) is 9.59 Å². The van der Waals surface area contributed by atoms with Crippen LogP contribution in [0.4, 0.5) is 0 Å². The van der Waals surface area contributed by atoms with E-state index in [2.05, 4.69) is 0 Å². The first kappa shape index (κ1) is 15.6. The van der Waals surface area contributed by atoms with Gasteiger partial charge in [-0.15, -0.1) is 0 Å². The van der Waals surface area contributed by atoms with Gasteiger partial charge in [-0.05, 0) is 31.2 Å². The van der Waals surface area contributed by atoms with Crippen LogP contribution < -0.4 is 11.1 Å². The van der Waals surface area contributed by atoms with Gasteiger partial charge in [0.2, 0.25) is 0 Å². The highest BCUT2D eigenvalue weighted by Gasteiger charge is 2.15. The second-order valence-electron chi connectivity index (χ2n) is 6.73. The van der Waals surface area contributed by atoms with Crippen LogP contribution in [0.5, 0.6) is 0 Å². The van der Waals surface area contributed by atoms with Crippen LogP contribution in [-0.4, -0.2) is 9.03 Å². The summed E-state index contributed by atoms with van der Waals surface area (Å²) in [5, 5.41) is 1.76. The molecule has 0 radical (unpaired) electrons. The second kappa shape index (κ2) is 5.68.